The van der Waals surface area contributed by atoms with Crippen LogP contribution in [-0.4, -0.2) is 33.1 Å². The average Bonchev–Trinajstić information content (AvgIpc) is 3.63. The minimum atomic E-state index is -1.25. The lowest BCUT2D eigenvalue weighted by Crippen LogP contribution is -2.29. The summed E-state index contributed by atoms with van der Waals surface area (Å²) in [7, 11) is 0. The number of ketones is 1. The van der Waals surface area contributed by atoms with Gasteiger partial charge in [-0.25, -0.2) is 4.39 Å². The number of amides is 1. The molecule has 1 saturated heterocycles. The number of halogens is 3. The number of hydrogen-bond donors (Lipinski definition) is 1. The highest BCUT2D eigenvalue weighted by atomic mass is 35.5. The molecule has 12 heteroatoms. The van der Waals surface area contributed by atoms with Crippen molar-refractivity contribution in [2.75, 3.05) is 4.90 Å². The zero-order chi connectivity index (χ0) is 28.8. The highest BCUT2D eigenvalue weighted by Crippen LogP contribution is 2.45. The van der Waals surface area contributed by atoms with Gasteiger partial charge in [0.2, 0.25) is 5.13 Å². The van der Waals surface area contributed by atoms with Crippen molar-refractivity contribution >= 4 is 68.9 Å². The summed E-state index contributed by atoms with van der Waals surface area (Å²) in [6.45, 7) is 1.93. The molecule has 1 amide bonds. The van der Waals surface area contributed by atoms with E-state index in [0.29, 0.717) is 37.9 Å². The monoisotopic (exact) mass is 627 g/mol. The SMILES string of the molecule is C[C@@H]1Cc2cc(C(O)=C3C(=O)C(=O)N(c4nnc(SCc5ccc(Cl)cc5Cl)s4)[C@@H]3c3ccccc3F)ccc2O1. The number of carbonyl (C=O) groups is 2. The van der Waals surface area contributed by atoms with E-state index >= 15 is 4.39 Å². The van der Waals surface area contributed by atoms with Crippen LogP contribution in [0.15, 0.2) is 70.6 Å². The Morgan fingerprint density at radius 1 is 1.15 bits per heavy atom. The van der Waals surface area contributed by atoms with Crippen molar-refractivity contribution in [3.63, 3.8) is 0 Å². The second kappa shape index (κ2) is 11.1. The van der Waals surface area contributed by atoms with Gasteiger partial charge in [0.1, 0.15) is 29.5 Å². The number of aliphatic hydroxyl groups is 1. The molecule has 0 unspecified atom stereocenters. The molecule has 0 spiro atoms. The van der Waals surface area contributed by atoms with E-state index in [1.807, 2.05) is 13.0 Å². The van der Waals surface area contributed by atoms with Gasteiger partial charge >= 0.3 is 5.91 Å². The van der Waals surface area contributed by atoms with Crippen molar-refractivity contribution in [1.82, 2.24) is 10.2 Å². The molecule has 0 saturated carbocycles. The van der Waals surface area contributed by atoms with Gasteiger partial charge in [0, 0.05) is 33.3 Å². The molecule has 208 valence electrons. The maximum Gasteiger partial charge on any atom is 0.301 e. The van der Waals surface area contributed by atoms with Gasteiger partial charge < -0.3 is 9.84 Å². The van der Waals surface area contributed by atoms with Crippen LogP contribution in [0.5, 0.6) is 5.75 Å². The topological polar surface area (TPSA) is 92.6 Å². The van der Waals surface area contributed by atoms with E-state index in [1.54, 1.807) is 36.4 Å². The van der Waals surface area contributed by atoms with Crippen LogP contribution < -0.4 is 9.64 Å². The zero-order valence-electron chi connectivity index (χ0n) is 21.3. The highest BCUT2D eigenvalue weighted by Gasteiger charge is 2.49. The summed E-state index contributed by atoms with van der Waals surface area (Å²) in [6, 6.07) is 14.8. The van der Waals surface area contributed by atoms with Gasteiger partial charge in [-0.2, -0.15) is 0 Å². The van der Waals surface area contributed by atoms with E-state index in [-0.39, 0.29) is 22.4 Å². The first-order chi connectivity index (χ1) is 19.7. The lowest BCUT2D eigenvalue weighted by molar-refractivity contribution is -0.132. The van der Waals surface area contributed by atoms with E-state index in [4.69, 9.17) is 27.9 Å². The number of ether oxygens (including phenoxy) is 1. The summed E-state index contributed by atoms with van der Waals surface area (Å²) in [5.41, 5.74) is 1.84. The van der Waals surface area contributed by atoms with Gasteiger partial charge in [-0.15, -0.1) is 10.2 Å². The molecule has 3 heterocycles. The molecule has 7 nitrogen and oxygen atoms in total. The second-order valence-electron chi connectivity index (χ2n) is 9.52. The van der Waals surface area contributed by atoms with Crippen molar-refractivity contribution in [3.05, 3.63) is 104 Å². The van der Waals surface area contributed by atoms with Crippen molar-refractivity contribution in [3.8, 4) is 5.75 Å². The lowest BCUT2D eigenvalue weighted by Gasteiger charge is -2.22. The molecule has 6 rings (SSSR count). The summed E-state index contributed by atoms with van der Waals surface area (Å²) < 4.78 is 21.4. The number of anilines is 1. The molecule has 0 aliphatic carbocycles. The second-order valence-corrected chi connectivity index (χ2v) is 12.5. The Morgan fingerprint density at radius 2 is 1.95 bits per heavy atom. The van der Waals surface area contributed by atoms with Crippen molar-refractivity contribution in [2.45, 2.75) is 35.6 Å². The van der Waals surface area contributed by atoms with Crippen LogP contribution in [0, 0.1) is 5.82 Å². The van der Waals surface area contributed by atoms with Crippen molar-refractivity contribution < 1.29 is 23.8 Å². The first-order valence-corrected chi connectivity index (χ1v) is 15.0. The average molecular weight is 629 g/mol. The van der Waals surface area contributed by atoms with Crippen LogP contribution in [-0.2, 0) is 21.8 Å². The minimum Gasteiger partial charge on any atom is -0.507 e. The Hall–Kier alpha value is -3.44. The number of aromatic nitrogens is 2. The summed E-state index contributed by atoms with van der Waals surface area (Å²) in [6.07, 6.45) is 0.611. The van der Waals surface area contributed by atoms with E-state index in [0.717, 1.165) is 27.4 Å². The van der Waals surface area contributed by atoms with Crippen LogP contribution in [0.3, 0.4) is 0 Å². The van der Waals surface area contributed by atoms with Gasteiger partial charge in [-0.1, -0.05) is 70.6 Å². The summed E-state index contributed by atoms with van der Waals surface area (Å²) >= 11 is 14.7. The number of Topliss-reactive ketones (excluding diaryl/α,β-unsaturated/α-hetero) is 1. The third-order valence-corrected chi connectivity index (χ3v) is 9.47. The van der Waals surface area contributed by atoms with Crippen LogP contribution in [0.25, 0.3) is 5.76 Å². The number of fused-ring (bicyclic) bond motifs is 1. The van der Waals surface area contributed by atoms with Crippen LogP contribution in [0.4, 0.5) is 9.52 Å². The first kappa shape index (κ1) is 27.7. The largest absolute Gasteiger partial charge is 0.507 e. The van der Waals surface area contributed by atoms with E-state index < -0.39 is 29.3 Å². The quantitative estimate of drug-likeness (QED) is 0.0792. The Kier molecular flexibility index (Phi) is 7.50. The number of hydrogen-bond acceptors (Lipinski definition) is 8. The molecule has 0 radical (unpaired) electrons. The third-order valence-electron chi connectivity index (χ3n) is 6.78. The smallest absolute Gasteiger partial charge is 0.301 e. The predicted molar refractivity (Wildman–Crippen MR) is 157 cm³/mol. The number of thioether (sulfide) groups is 1. The molecular weight excluding hydrogens is 608 g/mol. The molecule has 1 N–H and O–H groups in total. The summed E-state index contributed by atoms with van der Waals surface area (Å²) in [5, 5.41) is 20.9. The molecule has 1 fully saturated rings. The fraction of sp³-hybridized carbons (Fsp3) is 0.172. The van der Waals surface area contributed by atoms with Gasteiger partial charge in [-0.3, -0.25) is 14.5 Å². The van der Waals surface area contributed by atoms with Gasteiger partial charge in [-0.05, 0) is 54.4 Å². The fourth-order valence-electron chi connectivity index (χ4n) is 4.88. The molecule has 1 aromatic heterocycles. The van der Waals surface area contributed by atoms with Crippen LogP contribution in [0.2, 0.25) is 10.0 Å². The maximum atomic E-state index is 15.2. The Morgan fingerprint density at radius 3 is 2.73 bits per heavy atom. The molecule has 4 aromatic rings. The highest BCUT2D eigenvalue weighted by molar-refractivity contribution is 8.00. The first-order valence-electron chi connectivity index (χ1n) is 12.5. The van der Waals surface area contributed by atoms with E-state index in [9.17, 15) is 14.7 Å². The van der Waals surface area contributed by atoms with Gasteiger partial charge in [0.25, 0.3) is 5.78 Å². The number of aliphatic hydroxyl groups excluding tert-OH is 1. The number of benzene rings is 3. The Labute approximate surface area is 252 Å². The molecule has 41 heavy (non-hydrogen) atoms. The van der Waals surface area contributed by atoms with Gasteiger partial charge in [0.05, 0.1) is 5.57 Å². The predicted octanol–water partition coefficient (Wildman–Crippen LogP) is 7.23. The van der Waals surface area contributed by atoms with Gasteiger partial charge in [0.15, 0.2) is 4.34 Å². The van der Waals surface area contributed by atoms with E-state index in [2.05, 4.69) is 10.2 Å². The summed E-state index contributed by atoms with van der Waals surface area (Å²) in [4.78, 5) is 28.0. The Balaban J connectivity index is 1.39. The maximum absolute atomic E-state index is 15.2. The molecule has 0 bridgehead atoms. The molecule has 2 aliphatic heterocycles. The number of carbonyl (C=O) groups excluding carboxylic acids is 2. The van der Waals surface area contributed by atoms with Crippen LogP contribution >= 0.6 is 46.3 Å². The third kappa shape index (κ3) is 5.21. The number of rotatable bonds is 6. The molecule has 2 aliphatic rings. The molecule has 2 atom stereocenters. The minimum absolute atomic E-state index is 0.0217. The molecule has 3 aromatic carbocycles. The molecular formula is C29H20Cl2FN3O4S2. The summed E-state index contributed by atoms with van der Waals surface area (Å²) in [5.74, 6) is -1.77. The van der Waals surface area contributed by atoms with Crippen molar-refractivity contribution in [1.29, 1.82) is 0 Å². The normalized spacial score (nSPS) is 19.5. The fourth-order valence-corrected chi connectivity index (χ4v) is 7.31. The zero-order valence-corrected chi connectivity index (χ0v) is 24.5. The van der Waals surface area contributed by atoms with E-state index in [1.165, 1.54) is 30.0 Å². The van der Waals surface area contributed by atoms with Crippen LogP contribution in [0.1, 0.15) is 35.2 Å². The van der Waals surface area contributed by atoms with Crippen molar-refractivity contribution in [2.24, 2.45) is 0 Å². The Bertz CT molecular complexity index is 1740. The standard InChI is InChI=1S/C29H20Cl2FN3O4S2/c1-14-10-17-11-15(7-9-22(17)39-14)25(36)23-24(19-4-2-3-5-21(19)32)35(27(38)26(23)37)28-33-34-29(41-28)40-13-16-6-8-18(30)12-20(16)31/h2-9,11-12,14,24,36H,10,13H2,1H3/t14-,24-/m1/s1. The lowest BCUT2D eigenvalue weighted by atomic mass is 9.94. The number of nitrogens with zero attached hydrogens (tertiary/aromatic N) is 3.